The summed E-state index contributed by atoms with van der Waals surface area (Å²) in [7, 11) is 0. The largest absolute Gasteiger partial charge is 0.353 e. The quantitative estimate of drug-likeness (QED) is 0.809. The van der Waals surface area contributed by atoms with Crippen LogP contribution in [-0.2, 0) is 11.3 Å². The van der Waals surface area contributed by atoms with Crippen molar-refractivity contribution in [1.82, 2.24) is 19.3 Å². The fourth-order valence-corrected chi connectivity index (χ4v) is 5.04. The van der Waals surface area contributed by atoms with Crippen molar-refractivity contribution in [3.63, 3.8) is 0 Å². The molecule has 2 saturated heterocycles. The molecule has 144 valence electrons. The third-order valence-electron chi connectivity index (χ3n) is 6.67. The SMILES string of the molecule is O=C(C1CCCN(C2CCCC2)C1)N1CCN(CCn2cccc2)CC1. The van der Waals surface area contributed by atoms with Crippen molar-refractivity contribution in [2.24, 2.45) is 5.92 Å². The first-order valence-corrected chi connectivity index (χ1v) is 10.7. The van der Waals surface area contributed by atoms with Gasteiger partial charge in [-0.05, 0) is 44.4 Å². The molecule has 1 aromatic rings. The molecule has 5 heteroatoms. The Bertz CT molecular complexity index is 559. The van der Waals surface area contributed by atoms with Gasteiger partial charge in [0.15, 0.2) is 0 Å². The van der Waals surface area contributed by atoms with E-state index in [1.165, 1.54) is 38.6 Å². The summed E-state index contributed by atoms with van der Waals surface area (Å²) in [5, 5.41) is 0. The Labute approximate surface area is 157 Å². The van der Waals surface area contributed by atoms with Gasteiger partial charge in [0, 0.05) is 64.2 Å². The molecule has 1 atom stereocenters. The lowest BCUT2D eigenvalue weighted by Gasteiger charge is -2.40. The van der Waals surface area contributed by atoms with Crippen molar-refractivity contribution in [2.45, 2.75) is 51.1 Å². The molecule has 2 aliphatic heterocycles. The van der Waals surface area contributed by atoms with Gasteiger partial charge in [0.05, 0.1) is 5.92 Å². The van der Waals surface area contributed by atoms with Crippen molar-refractivity contribution in [3.8, 4) is 0 Å². The molecular weight excluding hydrogens is 324 g/mol. The lowest BCUT2D eigenvalue weighted by molar-refractivity contribution is -0.139. The van der Waals surface area contributed by atoms with E-state index in [0.29, 0.717) is 5.91 Å². The van der Waals surface area contributed by atoms with E-state index in [1.807, 2.05) is 0 Å². The van der Waals surface area contributed by atoms with Gasteiger partial charge in [0.2, 0.25) is 5.91 Å². The van der Waals surface area contributed by atoms with E-state index in [-0.39, 0.29) is 5.92 Å². The highest BCUT2D eigenvalue weighted by Crippen LogP contribution is 2.28. The highest BCUT2D eigenvalue weighted by atomic mass is 16.2. The molecule has 26 heavy (non-hydrogen) atoms. The molecule has 0 bridgehead atoms. The number of carbonyl (C=O) groups is 1. The number of piperidine rings is 1. The average Bonchev–Trinajstić information content (AvgIpc) is 3.40. The van der Waals surface area contributed by atoms with E-state index in [1.54, 1.807) is 0 Å². The fraction of sp³-hybridized carbons (Fsp3) is 0.762. The predicted octanol–water partition coefficient (Wildman–Crippen LogP) is 2.29. The molecule has 4 rings (SSSR count). The van der Waals surface area contributed by atoms with Crippen molar-refractivity contribution in [1.29, 1.82) is 0 Å². The number of carbonyl (C=O) groups excluding carboxylic acids is 1. The number of aromatic nitrogens is 1. The molecule has 1 amide bonds. The average molecular weight is 359 g/mol. The zero-order valence-electron chi connectivity index (χ0n) is 16.1. The number of amides is 1. The number of nitrogens with zero attached hydrogens (tertiary/aromatic N) is 4. The Kier molecular flexibility index (Phi) is 5.95. The first-order valence-electron chi connectivity index (χ1n) is 10.7. The van der Waals surface area contributed by atoms with E-state index in [9.17, 15) is 4.79 Å². The van der Waals surface area contributed by atoms with Gasteiger partial charge in [-0.2, -0.15) is 0 Å². The number of piperazine rings is 1. The van der Waals surface area contributed by atoms with E-state index in [4.69, 9.17) is 0 Å². The first-order chi connectivity index (χ1) is 12.8. The lowest BCUT2D eigenvalue weighted by atomic mass is 9.94. The van der Waals surface area contributed by atoms with Crippen LogP contribution in [0.5, 0.6) is 0 Å². The van der Waals surface area contributed by atoms with Crippen molar-refractivity contribution >= 4 is 5.91 Å². The fourth-order valence-electron chi connectivity index (χ4n) is 5.04. The van der Waals surface area contributed by atoms with Gasteiger partial charge in [-0.25, -0.2) is 0 Å². The molecule has 0 aromatic carbocycles. The van der Waals surface area contributed by atoms with Crippen LogP contribution in [0.4, 0.5) is 0 Å². The summed E-state index contributed by atoms with van der Waals surface area (Å²) >= 11 is 0. The Morgan fingerprint density at radius 3 is 2.31 bits per heavy atom. The van der Waals surface area contributed by atoms with Crippen LogP contribution in [0.15, 0.2) is 24.5 Å². The second-order valence-electron chi connectivity index (χ2n) is 8.36. The van der Waals surface area contributed by atoms with Crippen LogP contribution in [-0.4, -0.2) is 77.0 Å². The van der Waals surface area contributed by atoms with Crippen molar-refractivity contribution in [2.75, 3.05) is 45.8 Å². The highest BCUT2D eigenvalue weighted by Gasteiger charge is 2.33. The van der Waals surface area contributed by atoms with Gasteiger partial charge >= 0.3 is 0 Å². The van der Waals surface area contributed by atoms with E-state index >= 15 is 0 Å². The van der Waals surface area contributed by atoms with E-state index < -0.39 is 0 Å². The monoisotopic (exact) mass is 358 g/mol. The minimum absolute atomic E-state index is 0.246. The molecule has 0 N–H and O–H groups in total. The molecule has 3 heterocycles. The normalized spacial score (nSPS) is 26.5. The van der Waals surface area contributed by atoms with Crippen LogP contribution in [0.3, 0.4) is 0 Å². The van der Waals surface area contributed by atoms with Gasteiger partial charge in [-0.15, -0.1) is 0 Å². The van der Waals surface area contributed by atoms with Crippen LogP contribution in [0.25, 0.3) is 0 Å². The molecule has 1 aromatic heterocycles. The number of likely N-dealkylation sites (tertiary alicyclic amines) is 1. The topological polar surface area (TPSA) is 31.7 Å². The first kappa shape index (κ1) is 18.1. The maximum Gasteiger partial charge on any atom is 0.227 e. The van der Waals surface area contributed by atoms with Crippen molar-refractivity contribution < 1.29 is 4.79 Å². The molecule has 0 spiro atoms. The van der Waals surface area contributed by atoms with Crippen LogP contribution in [0, 0.1) is 5.92 Å². The molecule has 1 aliphatic carbocycles. The maximum atomic E-state index is 13.0. The lowest BCUT2D eigenvalue weighted by Crippen LogP contribution is -2.53. The number of hydrogen-bond donors (Lipinski definition) is 0. The Balaban J connectivity index is 1.22. The minimum Gasteiger partial charge on any atom is -0.353 e. The third-order valence-corrected chi connectivity index (χ3v) is 6.67. The minimum atomic E-state index is 0.246. The Hall–Kier alpha value is -1.33. The van der Waals surface area contributed by atoms with Gasteiger partial charge in [-0.3, -0.25) is 14.6 Å². The third kappa shape index (κ3) is 4.32. The zero-order chi connectivity index (χ0) is 17.8. The van der Waals surface area contributed by atoms with E-state index in [0.717, 1.165) is 58.3 Å². The molecule has 0 radical (unpaired) electrons. The van der Waals surface area contributed by atoms with Gasteiger partial charge in [0.25, 0.3) is 0 Å². The Morgan fingerprint density at radius 1 is 0.846 bits per heavy atom. The summed E-state index contributed by atoms with van der Waals surface area (Å²) in [5.74, 6) is 0.675. The Morgan fingerprint density at radius 2 is 1.58 bits per heavy atom. The molecule has 1 saturated carbocycles. The molecule has 5 nitrogen and oxygen atoms in total. The summed E-state index contributed by atoms with van der Waals surface area (Å²) in [5.41, 5.74) is 0. The standard InChI is InChI=1S/C21H34N4O/c26-21(19-6-5-11-25(18-19)20-7-1-2-8-20)24-16-14-23(15-17-24)13-12-22-9-3-4-10-22/h3-4,9-10,19-20H,1-2,5-8,11-18H2. The summed E-state index contributed by atoms with van der Waals surface area (Å²) in [6.07, 6.45) is 12.0. The summed E-state index contributed by atoms with van der Waals surface area (Å²) in [6, 6.07) is 4.92. The molecule has 3 aliphatic rings. The van der Waals surface area contributed by atoms with E-state index in [2.05, 4.69) is 43.8 Å². The maximum absolute atomic E-state index is 13.0. The van der Waals surface area contributed by atoms with Crippen LogP contribution in [0.1, 0.15) is 38.5 Å². The number of rotatable bonds is 5. The molecule has 3 fully saturated rings. The number of hydrogen-bond acceptors (Lipinski definition) is 3. The second kappa shape index (κ2) is 8.57. The summed E-state index contributed by atoms with van der Waals surface area (Å²) in [6.45, 7) is 8.20. The van der Waals surface area contributed by atoms with Crippen LogP contribution < -0.4 is 0 Å². The predicted molar refractivity (Wildman–Crippen MR) is 104 cm³/mol. The van der Waals surface area contributed by atoms with Crippen LogP contribution in [0.2, 0.25) is 0 Å². The second-order valence-corrected chi connectivity index (χ2v) is 8.36. The molecule has 1 unspecified atom stereocenters. The van der Waals surface area contributed by atoms with Crippen LogP contribution >= 0.6 is 0 Å². The highest BCUT2D eigenvalue weighted by molar-refractivity contribution is 5.79. The van der Waals surface area contributed by atoms with Gasteiger partial charge in [0.1, 0.15) is 0 Å². The van der Waals surface area contributed by atoms with Crippen molar-refractivity contribution in [3.05, 3.63) is 24.5 Å². The summed E-state index contributed by atoms with van der Waals surface area (Å²) < 4.78 is 2.23. The van der Waals surface area contributed by atoms with Gasteiger partial charge in [-0.1, -0.05) is 12.8 Å². The smallest absolute Gasteiger partial charge is 0.227 e. The summed E-state index contributed by atoms with van der Waals surface area (Å²) in [4.78, 5) is 20.3. The van der Waals surface area contributed by atoms with Gasteiger partial charge < -0.3 is 9.47 Å². The zero-order valence-corrected chi connectivity index (χ0v) is 16.1. The molecular formula is C21H34N4O.